The van der Waals surface area contributed by atoms with E-state index in [0.717, 1.165) is 23.8 Å². The molecule has 2 saturated carbocycles. The van der Waals surface area contributed by atoms with Crippen molar-refractivity contribution in [3.05, 3.63) is 30.3 Å². The Morgan fingerprint density at radius 1 is 1.12 bits per heavy atom. The molecule has 16 heavy (non-hydrogen) atoms. The molecule has 2 aliphatic rings. The Labute approximate surface area is 98.3 Å². The molecule has 2 aliphatic carbocycles. The van der Waals surface area contributed by atoms with Crippen molar-refractivity contribution in [2.75, 3.05) is 5.32 Å². The molecule has 1 N–H and O–H groups in total. The van der Waals surface area contributed by atoms with Gasteiger partial charge in [0.15, 0.2) is 0 Å². The molecule has 0 aromatic heterocycles. The molecule has 0 unspecified atom stereocenters. The highest BCUT2D eigenvalue weighted by Crippen LogP contribution is 2.50. The lowest BCUT2D eigenvalue weighted by atomic mass is 9.82. The van der Waals surface area contributed by atoms with Crippen LogP contribution in [0.4, 0.5) is 5.69 Å². The maximum Gasteiger partial charge on any atom is 0.0342 e. The van der Waals surface area contributed by atoms with Crippen molar-refractivity contribution in [1.82, 2.24) is 0 Å². The van der Waals surface area contributed by atoms with Crippen molar-refractivity contribution < 1.29 is 0 Å². The molecule has 1 nitrogen and oxygen atoms in total. The van der Waals surface area contributed by atoms with Crippen molar-refractivity contribution >= 4 is 5.69 Å². The first-order valence-electron chi connectivity index (χ1n) is 6.70. The summed E-state index contributed by atoms with van der Waals surface area (Å²) in [5.74, 6) is 2.87. The fourth-order valence-electron chi connectivity index (χ4n) is 3.95. The van der Waals surface area contributed by atoms with Gasteiger partial charge in [-0.05, 0) is 49.1 Å². The summed E-state index contributed by atoms with van der Waals surface area (Å²) in [5.41, 5.74) is 1.30. The predicted octanol–water partition coefficient (Wildman–Crippen LogP) is 3.92. The van der Waals surface area contributed by atoms with Gasteiger partial charge in [-0.3, -0.25) is 0 Å². The largest absolute Gasteiger partial charge is 0.382 e. The van der Waals surface area contributed by atoms with Crippen LogP contribution in [-0.2, 0) is 0 Å². The van der Waals surface area contributed by atoms with Gasteiger partial charge in [0.2, 0.25) is 0 Å². The Kier molecular flexibility index (Phi) is 2.62. The van der Waals surface area contributed by atoms with Crippen LogP contribution in [0.2, 0.25) is 0 Å². The van der Waals surface area contributed by atoms with Gasteiger partial charge >= 0.3 is 0 Å². The first kappa shape index (κ1) is 10.2. The monoisotopic (exact) mass is 215 g/mol. The van der Waals surface area contributed by atoms with Crippen molar-refractivity contribution in [1.29, 1.82) is 0 Å². The van der Waals surface area contributed by atoms with Gasteiger partial charge in [0.05, 0.1) is 0 Å². The summed E-state index contributed by atoms with van der Waals surface area (Å²) in [6.45, 7) is 2.35. The average Bonchev–Trinajstić information content (AvgIpc) is 2.91. The molecule has 0 saturated heterocycles. The third-order valence-electron chi connectivity index (χ3n) is 4.67. The molecule has 0 spiro atoms. The Hall–Kier alpha value is -0.980. The number of rotatable bonds is 3. The summed E-state index contributed by atoms with van der Waals surface area (Å²) in [6, 6.07) is 11.5. The zero-order valence-electron chi connectivity index (χ0n) is 10.0. The zero-order valence-corrected chi connectivity index (χ0v) is 10.0. The summed E-state index contributed by atoms with van der Waals surface area (Å²) in [4.78, 5) is 0. The fourth-order valence-corrected chi connectivity index (χ4v) is 3.95. The van der Waals surface area contributed by atoms with E-state index in [2.05, 4.69) is 42.6 Å². The molecule has 1 aromatic carbocycles. The minimum atomic E-state index is 0.742. The second-order valence-corrected chi connectivity index (χ2v) is 5.44. The van der Waals surface area contributed by atoms with Gasteiger partial charge in [-0.2, -0.15) is 0 Å². The van der Waals surface area contributed by atoms with Crippen LogP contribution in [0.25, 0.3) is 0 Å². The maximum absolute atomic E-state index is 3.77. The van der Waals surface area contributed by atoms with Crippen molar-refractivity contribution in [2.24, 2.45) is 17.8 Å². The molecule has 0 aliphatic heterocycles. The third kappa shape index (κ3) is 1.63. The second-order valence-electron chi connectivity index (χ2n) is 5.44. The van der Waals surface area contributed by atoms with Gasteiger partial charge < -0.3 is 5.32 Å². The molecule has 0 amide bonds. The quantitative estimate of drug-likeness (QED) is 0.805. The van der Waals surface area contributed by atoms with Gasteiger partial charge in [0, 0.05) is 11.7 Å². The highest BCUT2D eigenvalue weighted by Gasteiger charge is 2.46. The predicted molar refractivity (Wildman–Crippen MR) is 68.5 cm³/mol. The lowest BCUT2D eigenvalue weighted by Gasteiger charge is -2.31. The SMILES string of the molecule is CC[C@H]1[C@@H]2CC[C@@H](C2)[C@H]1Nc1ccccc1. The third-order valence-corrected chi connectivity index (χ3v) is 4.67. The summed E-state index contributed by atoms with van der Waals surface area (Å²) in [5, 5.41) is 3.77. The first-order chi connectivity index (χ1) is 7.88. The smallest absolute Gasteiger partial charge is 0.0342 e. The molecule has 1 aromatic rings. The molecule has 1 heteroatoms. The van der Waals surface area contributed by atoms with Gasteiger partial charge in [0.1, 0.15) is 0 Å². The summed E-state index contributed by atoms with van der Waals surface area (Å²) < 4.78 is 0. The van der Waals surface area contributed by atoms with Crippen LogP contribution in [0, 0.1) is 17.8 Å². The lowest BCUT2D eigenvalue weighted by Crippen LogP contribution is -2.34. The number of hydrogen-bond acceptors (Lipinski definition) is 1. The number of nitrogens with one attached hydrogen (secondary N) is 1. The molecule has 4 atom stereocenters. The van der Waals surface area contributed by atoms with Crippen molar-refractivity contribution in [2.45, 2.75) is 38.6 Å². The van der Waals surface area contributed by atoms with Crippen LogP contribution in [0.15, 0.2) is 30.3 Å². The lowest BCUT2D eigenvalue weighted by molar-refractivity contribution is 0.297. The van der Waals surface area contributed by atoms with Gasteiger partial charge in [-0.1, -0.05) is 31.5 Å². The average molecular weight is 215 g/mol. The molecular formula is C15H21N. The Bertz CT molecular complexity index is 346. The van der Waals surface area contributed by atoms with E-state index in [1.807, 2.05) is 0 Å². The molecule has 86 valence electrons. The Morgan fingerprint density at radius 2 is 1.88 bits per heavy atom. The van der Waals surface area contributed by atoms with E-state index in [4.69, 9.17) is 0 Å². The molecule has 3 rings (SSSR count). The molecule has 2 fully saturated rings. The van der Waals surface area contributed by atoms with E-state index in [1.54, 1.807) is 0 Å². The summed E-state index contributed by atoms with van der Waals surface area (Å²) >= 11 is 0. The van der Waals surface area contributed by atoms with Crippen molar-refractivity contribution in [3.63, 3.8) is 0 Å². The minimum absolute atomic E-state index is 0.742. The van der Waals surface area contributed by atoms with Crippen LogP contribution < -0.4 is 5.32 Å². The first-order valence-corrected chi connectivity index (χ1v) is 6.70. The van der Waals surface area contributed by atoms with E-state index in [0.29, 0.717) is 0 Å². The zero-order chi connectivity index (χ0) is 11.0. The molecule has 0 heterocycles. The maximum atomic E-state index is 3.77. The number of anilines is 1. The molecule has 0 radical (unpaired) electrons. The standard InChI is InChI=1S/C15H21N/c1-2-14-11-8-9-12(10-11)15(14)16-13-6-4-3-5-7-13/h3-7,11-12,14-16H,2,8-10H2,1H3/t11-,12+,14+,15-/m1/s1. The second kappa shape index (κ2) is 4.12. The van der Waals surface area contributed by atoms with Crippen LogP contribution in [0.1, 0.15) is 32.6 Å². The van der Waals surface area contributed by atoms with Crippen LogP contribution in [-0.4, -0.2) is 6.04 Å². The van der Waals surface area contributed by atoms with Crippen LogP contribution in [0.3, 0.4) is 0 Å². The van der Waals surface area contributed by atoms with Gasteiger partial charge in [-0.15, -0.1) is 0 Å². The Morgan fingerprint density at radius 3 is 2.62 bits per heavy atom. The van der Waals surface area contributed by atoms with E-state index in [9.17, 15) is 0 Å². The summed E-state index contributed by atoms with van der Waals surface area (Å²) in [6.07, 6.45) is 5.75. The topological polar surface area (TPSA) is 12.0 Å². The van der Waals surface area contributed by atoms with E-state index in [-0.39, 0.29) is 0 Å². The molecule has 2 bridgehead atoms. The van der Waals surface area contributed by atoms with E-state index < -0.39 is 0 Å². The van der Waals surface area contributed by atoms with Crippen molar-refractivity contribution in [3.8, 4) is 0 Å². The van der Waals surface area contributed by atoms with Crippen LogP contribution >= 0.6 is 0 Å². The van der Waals surface area contributed by atoms with Crippen LogP contribution in [0.5, 0.6) is 0 Å². The van der Waals surface area contributed by atoms with E-state index in [1.165, 1.54) is 31.4 Å². The fraction of sp³-hybridized carbons (Fsp3) is 0.600. The molecular weight excluding hydrogens is 194 g/mol. The number of para-hydroxylation sites is 1. The number of benzene rings is 1. The minimum Gasteiger partial charge on any atom is -0.382 e. The normalized spacial score (nSPS) is 36.6. The van der Waals surface area contributed by atoms with Gasteiger partial charge in [-0.25, -0.2) is 0 Å². The Balaban J connectivity index is 1.75. The summed E-state index contributed by atoms with van der Waals surface area (Å²) in [7, 11) is 0. The number of hydrogen-bond donors (Lipinski definition) is 1. The van der Waals surface area contributed by atoms with Gasteiger partial charge in [0.25, 0.3) is 0 Å². The highest BCUT2D eigenvalue weighted by atomic mass is 15.0. The van der Waals surface area contributed by atoms with E-state index >= 15 is 0 Å². The highest BCUT2D eigenvalue weighted by molar-refractivity contribution is 5.44. The number of fused-ring (bicyclic) bond motifs is 2.